The quantitative estimate of drug-likeness (QED) is 0.522. The van der Waals surface area contributed by atoms with E-state index in [1.54, 1.807) is 11.8 Å². The summed E-state index contributed by atoms with van der Waals surface area (Å²) in [5.41, 5.74) is 0. The molecule has 7 heteroatoms. The third kappa shape index (κ3) is 5.59. The number of amides is 2. The molecule has 6 nitrogen and oxygen atoms in total. The average Bonchev–Trinajstić information content (AvgIpc) is 2.38. The summed E-state index contributed by atoms with van der Waals surface area (Å²) in [6.45, 7) is 4.34. The molecule has 0 aromatic heterocycles. The number of aliphatic hydroxyl groups excluding tert-OH is 1. The van der Waals surface area contributed by atoms with Gasteiger partial charge in [-0.2, -0.15) is 11.8 Å². The minimum Gasteiger partial charge on any atom is -0.479 e. The predicted molar refractivity (Wildman–Crippen MR) is 71.9 cm³/mol. The van der Waals surface area contributed by atoms with Crippen LogP contribution in [0.25, 0.3) is 0 Å². The van der Waals surface area contributed by atoms with Crippen molar-refractivity contribution in [2.45, 2.75) is 37.5 Å². The summed E-state index contributed by atoms with van der Waals surface area (Å²) in [5.74, 6) is -1.35. The standard InChI is InChI=1S/C11H22N2O4S/c1-4-11(5-2,18-3)7-13-10(17)12-6-8(14)9(15)16/h8,14H,4-7H2,1-3H3,(H,15,16)(H2,12,13,17). The fourth-order valence-electron chi connectivity index (χ4n) is 1.44. The van der Waals surface area contributed by atoms with Crippen molar-refractivity contribution in [3.05, 3.63) is 0 Å². The maximum absolute atomic E-state index is 11.4. The van der Waals surface area contributed by atoms with Crippen LogP contribution in [0.1, 0.15) is 26.7 Å². The van der Waals surface area contributed by atoms with Crippen LogP contribution in [0, 0.1) is 0 Å². The molecule has 0 aliphatic rings. The first-order valence-electron chi connectivity index (χ1n) is 5.88. The fraction of sp³-hybridized carbons (Fsp3) is 0.818. The summed E-state index contributed by atoms with van der Waals surface area (Å²) in [7, 11) is 0. The van der Waals surface area contributed by atoms with Crippen molar-refractivity contribution in [3.8, 4) is 0 Å². The second-order valence-corrected chi connectivity index (χ2v) is 5.29. The van der Waals surface area contributed by atoms with Crippen LogP contribution in [0.15, 0.2) is 0 Å². The SMILES string of the molecule is CCC(CC)(CNC(=O)NCC(O)C(=O)O)SC. The number of carbonyl (C=O) groups excluding carboxylic acids is 1. The van der Waals surface area contributed by atoms with Gasteiger partial charge in [0.25, 0.3) is 0 Å². The normalized spacial score (nSPS) is 12.9. The van der Waals surface area contributed by atoms with E-state index < -0.39 is 18.1 Å². The molecule has 1 unspecified atom stereocenters. The molecule has 0 aromatic carbocycles. The zero-order valence-corrected chi connectivity index (χ0v) is 11.8. The van der Waals surface area contributed by atoms with Gasteiger partial charge in [0.05, 0.1) is 6.54 Å². The number of hydrogen-bond donors (Lipinski definition) is 4. The summed E-state index contributed by atoms with van der Waals surface area (Å²) in [6, 6.07) is -0.462. The van der Waals surface area contributed by atoms with E-state index in [2.05, 4.69) is 24.5 Å². The number of hydrogen-bond acceptors (Lipinski definition) is 4. The van der Waals surface area contributed by atoms with E-state index in [9.17, 15) is 9.59 Å². The number of aliphatic hydroxyl groups is 1. The number of aliphatic carboxylic acids is 1. The van der Waals surface area contributed by atoms with E-state index in [-0.39, 0.29) is 11.3 Å². The topological polar surface area (TPSA) is 98.7 Å². The van der Waals surface area contributed by atoms with E-state index in [1.165, 1.54) is 0 Å². The average molecular weight is 278 g/mol. The van der Waals surface area contributed by atoms with E-state index in [4.69, 9.17) is 10.2 Å². The minimum atomic E-state index is -1.57. The molecule has 0 rings (SSSR count). The summed E-state index contributed by atoms with van der Waals surface area (Å²) < 4.78 is 0.00273. The Bertz CT molecular complexity index is 274. The number of thioether (sulfide) groups is 1. The van der Waals surface area contributed by atoms with Gasteiger partial charge in [-0.3, -0.25) is 0 Å². The highest BCUT2D eigenvalue weighted by molar-refractivity contribution is 8.00. The molecule has 1 atom stereocenters. The molecule has 4 N–H and O–H groups in total. The van der Waals surface area contributed by atoms with Gasteiger partial charge >= 0.3 is 12.0 Å². The fourth-order valence-corrected chi connectivity index (χ4v) is 2.24. The zero-order valence-electron chi connectivity index (χ0n) is 11.0. The summed E-state index contributed by atoms with van der Waals surface area (Å²) in [5, 5.41) is 22.5. The Kier molecular flexibility index (Phi) is 7.77. The van der Waals surface area contributed by atoms with Crippen LogP contribution in [0.4, 0.5) is 4.79 Å². The molecule has 0 heterocycles. The van der Waals surface area contributed by atoms with Gasteiger partial charge in [0, 0.05) is 11.3 Å². The second kappa shape index (κ2) is 8.20. The van der Waals surface area contributed by atoms with Crippen LogP contribution in [-0.4, -0.2) is 52.4 Å². The molecule has 0 saturated heterocycles. The smallest absolute Gasteiger partial charge is 0.334 e. The Morgan fingerprint density at radius 3 is 2.22 bits per heavy atom. The highest BCUT2D eigenvalue weighted by atomic mass is 32.2. The van der Waals surface area contributed by atoms with Gasteiger partial charge < -0.3 is 20.8 Å². The monoisotopic (exact) mass is 278 g/mol. The predicted octanol–water partition coefficient (Wildman–Crippen LogP) is 0.653. The number of carboxylic acid groups (broad SMARTS) is 1. The Balaban J connectivity index is 4.06. The molecule has 0 aromatic rings. The van der Waals surface area contributed by atoms with Crippen molar-refractivity contribution in [3.63, 3.8) is 0 Å². The van der Waals surface area contributed by atoms with Gasteiger partial charge in [0.1, 0.15) is 0 Å². The van der Waals surface area contributed by atoms with Crippen molar-refractivity contribution >= 4 is 23.8 Å². The van der Waals surface area contributed by atoms with Gasteiger partial charge in [0.2, 0.25) is 0 Å². The van der Waals surface area contributed by atoms with Gasteiger partial charge in [-0.05, 0) is 19.1 Å². The van der Waals surface area contributed by atoms with Gasteiger partial charge in [0.15, 0.2) is 6.10 Å². The zero-order chi connectivity index (χ0) is 14.2. The molecule has 0 radical (unpaired) electrons. The van der Waals surface area contributed by atoms with Crippen LogP contribution in [0.5, 0.6) is 0 Å². The number of nitrogens with one attached hydrogen (secondary N) is 2. The van der Waals surface area contributed by atoms with Crippen LogP contribution >= 0.6 is 11.8 Å². The lowest BCUT2D eigenvalue weighted by molar-refractivity contribution is -0.146. The molecule has 106 valence electrons. The number of rotatable bonds is 8. The number of urea groups is 1. The van der Waals surface area contributed by atoms with Crippen LogP contribution in [-0.2, 0) is 4.79 Å². The first-order chi connectivity index (χ1) is 8.40. The summed E-state index contributed by atoms with van der Waals surface area (Å²) in [4.78, 5) is 21.8. The molecular weight excluding hydrogens is 256 g/mol. The molecule has 0 aliphatic carbocycles. The van der Waals surface area contributed by atoms with Crippen molar-refractivity contribution in [2.24, 2.45) is 0 Å². The lowest BCUT2D eigenvalue weighted by Crippen LogP contribution is -2.46. The Labute approximate surface area is 112 Å². The number of carboxylic acids is 1. The number of carbonyl (C=O) groups is 2. The molecule has 0 spiro atoms. The largest absolute Gasteiger partial charge is 0.479 e. The van der Waals surface area contributed by atoms with Crippen LogP contribution < -0.4 is 10.6 Å². The van der Waals surface area contributed by atoms with Crippen molar-refractivity contribution < 1.29 is 19.8 Å². The summed E-state index contributed by atoms with van der Waals surface area (Å²) >= 11 is 1.70. The first-order valence-corrected chi connectivity index (χ1v) is 7.11. The van der Waals surface area contributed by atoms with Gasteiger partial charge in [-0.1, -0.05) is 13.8 Å². The molecule has 2 amide bonds. The highest BCUT2D eigenvalue weighted by Gasteiger charge is 2.25. The molecule has 0 bridgehead atoms. The van der Waals surface area contributed by atoms with Crippen LogP contribution in [0.2, 0.25) is 0 Å². The Morgan fingerprint density at radius 1 is 1.28 bits per heavy atom. The van der Waals surface area contributed by atoms with Gasteiger partial charge in [-0.25, -0.2) is 9.59 Å². The van der Waals surface area contributed by atoms with E-state index in [0.29, 0.717) is 6.54 Å². The molecule has 0 fully saturated rings. The summed E-state index contributed by atoms with van der Waals surface area (Å²) in [6.07, 6.45) is 2.30. The molecular formula is C11H22N2O4S. The van der Waals surface area contributed by atoms with E-state index >= 15 is 0 Å². The maximum atomic E-state index is 11.4. The van der Waals surface area contributed by atoms with Crippen molar-refractivity contribution in [1.82, 2.24) is 10.6 Å². The first kappa shape index (κ1) is 17.1. The maximum Gasteiger partial charge on any atom is 0.334 e. The third-order valence-corrected chi connectivity index (χ3v) is 4.62. The Morgan fingerprint density at radius 2 is 1.83 bits per heavy atom. The lowest BCUT2D eigenvalue weighted by atomic mass is 10.0. The van der Waals surface area contributed by atoms with Crippen molar-refractivity contribution in [2.75, 3.05) is 19.3 Å². The minimum absolute atomic E-state index is 0.00273. The van der Waals surface area contributed by atoms with Gasteiger partial charge in [-0.15, -0.1) is 0 Å². The highest BCUT2D eigenvalue weighted by Crippen LogP contribution is 2.29. The Hall–Kier alpha value is -0.950. The van der Waals surface area contributed by atoms with E-state index in [0.717, 1.165) is 12.8 Å². The van der Waals surface area contributed by atoms with Crippen molar-refractivity contribution in [1.29, 1.82) is 0 Å². The molecule has 0 saturated carbocycles. The second-order valence-electron chi connectivity index (χ2n) is 4.01. The lowest BCUT2D eigenvalue weighted by Gasteiger charge is -2.29. The third-order valence-electron chi connectivity index (χ3n) is 3.03. The van der Waals surface area contributed by atoms with Crippen LogP contribution in [0.3, 0.4) is 0 Å². The molecule has 18 heavy (non-hydrogen) atoms. The molecule has 0 aliphatic heterocycles. The van der Waals surface area contributed by atoms with E-state index in [1.807, 2.05) is 6.26 Å².